The van der Waals surface area contributed by atoms with Gasteiger partial charge in [-0.3, -0.25) is 4.79 Å². The molecule has 3 nitrogen and oxygen atoms in total. The van der Waals surface area contributed by atoms with Gasteiger partial charge in [-0.1, -0.05) is 34.1 Å². The molecule has 0 aliphatic heterocycles. The van der Waals surface area contributed by atoms with Crippen molar-refractivity contribution in [1.82, 2.24) is 0 Å². The molecule has 0 radical (unpaired) electrons. The van der Waals surface area contributed by atoms with E-state index in [4.69, 9.17) is 0 Å². The lowest BCUT2D eigenvalue weighted by Gasteiger charge is -2.20. The highest BCUT2D eigenvalue weighted by Gasteiger charge is 2.25. The van der Waals surface area contributed by atoms with Gasteiger partial charge in [0.05, 0.1) is 5.75 Å². The van der Waals surface area contributed by atoms with Crippen LogP contribution in [0.4, 0.5) is 0 Å². The van der Waals surface area contributed by atoms with E-state index in [9.17, 15) is 13.2 Å². The normalized spacial score (nSPS) is 15.0. The number of ketones is 1. The van der Waals surface area contributed by atoms with Gasteiger partial charge in [-0.15, -0.1) is 0 Å². The number of carbonyl (C=O) groups is 1. The van der Waals surface area contributed by atoms with Gasteiger partial charge in [0.2, 0.25) is 0 Å². The standard InChI is InChI=1S/C11H22O3S/c1-6-9(8-15(5,13)14)7-10(12)11(2,3)4/h9H,6-8H2,1-5H3. The maximum Gasteiger partial charge on any atom is 0.147 e. The molecule has 0 saturated carbocycles. The smallest absolute Gasteiger partial charge is 0.147 e. The lowest BCUT2D eigenvalue weighted by molar-refractivity contribution is -0.127. The van der Waals surface area contributed by atoms with Crippen LogP contribution < -0.4 is 0 Å². The van der Waals surface area contributed by atoms with Gasteiger partial charge in [-0.25, -0.2) is 8.42 Å². The molecule has 0 aromatic heterocycles. The number of hydrogen-bond acceptors (Lipinski definition) is 3. The zero-order valence-corrected chi connectivity index (χ0v) is 11.1. The maximum absolute atomic E-state index is 11.7. The van der Waals surface area contributed by atoms with Gasteiger partial charge in [0.15, 0.2) is 0 Å². The summed E-state index contributed by atoms with van der Waals surface area (Å²) >= 11 is 0. The van der Waals surface area contributed by atoms with Crippen LogP contribution in [0.2, 0.25) is 0 Å². The third kappa shape index (κ3) is 6.66. The molecule has 0 N–H and O–H groups in total. The van der Waals surface area contributed by atoms with Crippen molar-refractivity contribution in [2.75, 3.05) is 12.0 Å². The van der Waals surface area contributed by atoms with E-state index >= 15 is 0 Å². The number of carbonyl (C=O) groups excluding carboxylic acids is 1. The van der Waals surface area contributed by atoms with Crippen LogP contribution in [0.5, 0.6) is 0 Å². The van der Waals surface area contributed by atoms with Gasteiger partial charge in [0, 0.05) is 18.1 Å². The van der Waals surface area contributed by atoms with Crippen LogP contribution in [-0.4, -0.2) is 26.2 Å². The Hall–Kier alpha value is -0.380. The fourth-order valence-corrected chi connectivity index (χ4v) is 2.53. The fourth-order valence-electron chi connectivity index (χ4n) is 1.32. The van der Waals surface area contributed by atoms with E-state index in [-0.39, 0.29) is 22.9 Å². The fraction of sp³-hybridized carbons (Fsp3) is 0.909. The first kappa shape index (κ1) is 14.6. The van der Waals surface area contributed by atoms with E-state index in [1.165, 1.54) is 6.26 Å². The van der Waals surface area contributed by atoms with Crippen molar-refractivity contribution in [3.8, 4) is 0 Å². The summed E-state index contributed by atoms with van der Waals surface area (Å²) in [4.78, 5) is 11.7. The summed E-state index contributed by atoms with van der Waals surface area (Å²) in [5.41, 5.74) is -0.370. The summed E-state index contributed by atoms with van der Waals surface area (Å²) in [7, 11) is -2.98. The molecule has 0 bridgehead atoms. The Kier molecular flexibility index (Phi) is 4.97. The van der Waals surface area contributed by atoms with Crippen LogP contribution in [0.1, 0.15) is 40.5 Å². The van der Waals surface area contributed by atoms with E-state index in [0.717, 1.165) is 6.42 Å². The summed E-state index contributed by atoms with van der Waals surface area (Å²) in [6, 6.07) is 0. The number of hydrogen-bond donors (Lipinski definition) is 0. The van der Waals surface area contributed by atoms with E-state index < -0.39 is 9.84 Å². The third-order valence-corrected chi connectivity index (χ3v) is 3.50. The highest BCUT2D eigenvalue weighted by atomic mass is 32.2. The molecule has 15 heavy (non-hydrogen) atoms. The number of sulfone groups is 1. The Labute approximate surface area is 93.2 Å². The highest BCUT2D eigenvalue weighted by Crippen LogP contribution is 2.22. The summed E-state index contributed by atoms with van der Waals surface area (Å²) < 4.78 is 22.2. The molecule has 90 valence electrons. The molecule has 0 rings (SSSR count). The predicted octanol–water partition coefficient (Wildman–Crippen LogP) is 2.06. The second-order valence-electron chi connectivity index (χ2n) is 5.24. The molecule has 0 spiro atoms. The van der Waals surface area contributed by atoms with Crippen molar-refractivity contribution < 1.29 is 13.2 Å². The molecular formula is C11H22O3S. The van der Waals surface area contributed by atoms with Crippen LogP contribution in [0.15, 0.2) is 0 Å². The Bertz CT molecular complexity index is 309. The van der Waals surface area contributed by atoms with Crippen molar-refractivity contribution in [2.45, 2.75) is 40.5 Å². The zero-order chi connectivity index (χ0) is 12.3. The molecule has 0 aliphatic rings. The first-order chi connectivity index (χ1) is 6.56. The molecule has 0 aromatic rings. The quantitative estimate of drug-likeness (QED) is 0.731. The Morgan fingerprint density at radius 2 is 1.73 bits per heavy atom. The van der Waals surface area contributed by atoms with Gasteiger partial charge < -0.3 is 0 Å². The molecule has 4 heteroatoms. The van der Waals surface area contributed by atoms with E-state index in [0.29, 0.717) is 6.42 Å². The predicted molar refractivity (Wildman–Crippen MR) is 62.6 cm³/mol. The average molecular weight is 234 g/mol. The minimum absolute atomic E-state index is 0.0354. The minimum atomic E-state index is -2.98. The number of Topliss-reactive ketones (excluding diaryl/α,β-unsaturated/α-hetero) is 1. The lowest BCUT2D eigenvalue weighted by Crippen LogP contribution is -2.25. The van der Waals surface area contributed by atoms with Crippen molar-refractivity contribution in [2.24, 2.45) is 11.3 Å². The molecule has 0 heterocycles. The van der Waals surface area contributed by atoms with Gasteiger partial charge >= 0.3 is 0 Å². The Morgan fingerprint density at radius 3 is 2.00 bits per heavy atom. The van der Waals surface area contributed by atoms with Gasteiger partial charge in [-0.2, -0.15) is 0 Å². The molecule has 0 saturated heterocycles. The molecule has 0 amide bonds. The average Bonchev–Trinajstić information content (AvgIpc) is 1.98. The van der Waals surface area contributed by atoms with Crippen molar-refractivity contribution in [3.63, 3.8) is 0 Å². The maximum atomic E-state index is 11.7. The van der Waals surface area contributed by atoms with Crippen molar-refractivity contribution in [3.05, 3.63) is 0 Å². The first-order valence-corrected chi connectivity index (χ1v) is 7.33. The minimum Gasteiger partial charge on any atom is -0.299 e. The number of rotatable bonds is 5. The summed E-state index contributed by atoms with van der Waals surface area (Å²) in [5.74, 6) is 0.218. The first-order valence-electron chi connectivity index (χ1n) is 5.27. The zero-order valence-electron chi connectivity index (χ0n) is 10.3. The van der Waals surface area contributed by atoms with Crippen LogP contribution in [-0.2, 0) is 14.6 Å². The van der Waals surface area contributed by atoms with Gasteiger partial charge in [0.25, 0.3) is 0 Å². The monoisotopic (exact) mass is 234 g/mol. The summed E-state index contributed by atoms with van der Waals surface area (Å²) in [6.45, 7) is 7.51. The van der Waals surface area contributed by atoms with E-state index in [1.54, 1.807) is 0 Å². The summed E-state index contributed by atoms with van der Waals surface area (Å²) in [6.07, 6.45) is 2.32. The van der Waals surface area contributed by atoms with E-state index in [2.05, 4.69) is 0 Å². The molecule has 0 aliphatic carbocycles. The van der Waals surface area contributed by atoms with Crippen molar-refractivity contribution >= 4 is 15.6 Å². The molecule has 1 unspecified atom stereocenters. The van der Waals surface area contributed by atoms with Gasteiger partial charge in [-0.05, 0) is 5.92 Å². The highest BCUT2D eigenvalue weighted by molar-refractivity contribution is 7.90. The third-order valence-electron chi connectivity index (χ3n) is 2.43. The van der Waals surface area contributed by atoms with Crippen LogP contribution in [0.25, 0.3) is 0 Å². The Balaban J connectivity index is 4.42. The largest absolute Gasteiger partial charge is 0.299 e. The second kappa shape index (κ2) is 5.10. The molecular weight excluding hydrogens is 212 g/mol. The van der Waals surface area contributed by atoms with Crippen LogP contribution >= 0.6 is 0 Å². The lowest BCUT2D eigenvalue weighted by atomic mass is 9.85. The van der Waals surface area contributed by atoms with Gasteiger partial charge in [0.1, 0.15) is 15.6 Å². The second-order valence-corrected chi connectivity index (χ2v) is 7.43. The van der Waals surface area contributed by atoms with Crippen LogP contribution in [0.3, 0.4) is 0 Å². The van der Waals surface area contributed by atoms with Crippen LogP contribution in [0, 0.1) is 11.3 Å². The Morgan fingerprint density at radius 1 is 1.27 bits per heavy atom. The van der Waals surface area contributed by atoms with E-state index in [1.807, 2.05) is 27.7 Å². The SMILES string of the molecule is CCC(CC(=O)C(C)(C)C)CS(C)(=O)=O. The molecule has 1 atom stereocenters. The van der Waals surface area contributed by atoms with Crippen molar-refractivity contribution in [1.29, 1.82) is 0 Å². The molecule has 0 fully saturated rings. The molecule has 0 aromatic carbocycles. The topological polar surface area (TPSA) is 51.2 Å². The summed E-state index contributed by atoms with van der Waals surface area (Å²) in [5, 5.41) is 0.